The molecule has 174 valence electrons. The minimum absolute atomic E-state index is 0.187. The maximum absolute atomic E-state index is 12.4. The van der Waals surface area contributed by atoms with Crippen LogP contribution in [0.15, 0.2) is 59.7 Å². The summed E-state index contributed by atoms with van der Waals surface area (Å²) < 4.78 is 11.5. The lowest BCUT2D eigenvalue weighted by Crippen LogP contribution is -2.39. The molecule has 2 aliphatic heterocycles. The lowest BCUT2D eigenvalue weighted by atomic mass is 9.91. The van der Waals surface area contributed by atoms with Crippen LogP contribution < -0.4 is 20.8 Å². The summed E-state index contributed by atoms with van der Waals surface area (Å²) >= 11 is 0. The molecule has 1 amide bonds. The highest BCUT2D eigenvalue weighted by Gasteiger charge is 2.43. The molecule has 2 aromatic carbocycles. The number of ether oxygens (including phenoxy) is 2. The maximum atomic E-state index is 12.4. The third-order valence-electron chi connectivity index (χ3n) is 6.87. The SMILES string of the molecule is O=C(OCc1ccccc1)N1CCC([C@H]2C[C@H]2CCOc2ccc(N3C=NNN3)cc2)CC1. The Bertz CT molecular complexity index is 944. The molecular weight excluding hydrogens is 418 g/mol. The monoisotopic (exact) mass is 449 g/mol. The van der Waals surface area contributed by atoms with Gasteiger partial charge in [-0.3, -0.25) is 0 Å². The molecule has 2 aromatic rings. The molecule has 1 saturated carbocycles. The average Bonchev–Trinajstić information content (AvgIpc) is 3.42. The first-order chi connectivity index (χ1) is 16.3. The van der Waals surface area contributed by atoms with Crippen LogP contribution in [-0.4, -0.2) is 37.0 Å². The summed E-state index contributed by atoms with van der Waals surface area (Å²) in [5.41, 5.74) is 7.60. The van der Waals surface area contributed by atoms with Gasteiger partial charge in [0.25, 0.3) is 0 Å². The van der Waals surface area contributed by atoms with Gasteiger partial charge in [0.15, 0.2) is 0 Å². The number of carbonyl (C=O) groups is 1. The first-order valence-electron chi connectivity index (χ1n) is 11.8. The van der Waals surface area contributed by atoms with Crippen LogP contribution in [-0.2, 0) is 11.3 Å². The summed E-state index contributed by atoms with van der Waals surface area (Å²) in [6.45, 7) is 2.69. The molecule has 0 radical (unpaired) electrons. The Morgan fingerprint density at radius 1 is 1.06 bits per heavy atom. The predicted octanol–water partition coefficient (Wildman–Crippen LogP) is 3.91. The first-order valence-corrected chi connectivity index (χ1v) is 11.8. The fourth-order valence-electron chi connectivity index (χ4n) is 4.86. The third kappa shape index (κ3) is 5.57. The van der Waals surface area contributed by atoms with E-state index < -0.39 is 0 Å². The van der Waals surface area contributed by atoms with E-state index >= 15 is 0 Å². The van der Waals surface area contributed by atoms with Crippen LogP contribution in [0.4, 0.5) is 10.5 Å². The predicted molar refractivity (Wildman–Crippen MR) is 126 cm³/mol. The van der Waals surface area contributed by atoms with Crippen molar-refractivity contribution in [1.82, 2.24) is 16.0 Å². The molecule has 0 aromatic heterocycles. The van der Waals surface area contributed by atoms with Crippen molar-refractivity contribution in [3.63, 3.8) is 0 Å². The van der Waals surface area contributed by atoms with E-state index in [1.807, 2.05) is 59.5 Å². The summed E-state index contributed by atoms with van der Waals surface area (Å²) in [7, 11) is 0. The second kappa shape index (κ2) is 10.1. The molecule has 8 heteroatoms. The van der Waals surface area contributed by atoms with Crippen molar-refractivity contribution >= 4 is 18.1 Å². The summed E-state index contributed by atoms with van der Waals surface area (Å²) in [5, 5.41) is 5.70. The van der Waals surface area contributed by atoms with E-state index in [1.165, 1.54) is 6.42 Å². The van der Waals surface area contributed by atoms with Gasteiger partial charge in [-0.2, -0.15) is 5.10 Å². The number of hydrazone groups is 1. The number of hydrogen-bond acceptors (Lipinski definition) is 7. The molecule has 1 saturated heterocycles. The summed E-state index contributed by atoms with van der Waals surface area (Å²) in [4.78, 5) is 14.2. The zero-order chi connectivity index (χ0) is 22.5. The van der Waals surface area contributed by atoms with E-state index in [0.29, 0.717) is 6.61 Å². The van der Waals surface area contributed by atoms with E-state index in [2.05, 4.69) is 16.2 Å². The van der Waals surface area contributed by atoms with E-state index in [9.17, 15) is 4.79 Å². The topological polar surface area (TPSA) is 78.4 Å². The Labute approximate surface area is 194 Å². The van der Waals surface area contributed by atoms with Crippen LogP contribution >= 0.6 is 0 Å². The lowest BCUT2D eigenvalue weighted by Gasteiger charge is -2.31. The van der Waals surface area contributed by atoms with Crippen molar-refractivity contribution in [3.8, 4) is 5.75 Å². The average molecular weight is 450 g/mol. The fraction of sp³-hybridized carbons (Fsp3) is 0.440. The number of amides is 1. The lowest BCUT2D eigenvalue weighted by molar-refractivity contribution is 0.0796. The molecule has 2 heterocycles. The Morgan fingerprint density at radius 2 is 1.85 bits per heavy atom. The number of piperidine rings is 1. The van der Waals surface area contributed by atoms with Crippen molar-refractivity contribution in [3.05, 3.63) is 60.2 Å². The van der Waals surface area contributed by atoms with Gasteiger partial charge in [-0.15, -0.1) is 5.53 Å². The first kappa shape index (κ1) is 21.6. The van der Waals surface area contributed by atoms with Crippen molar-refractivity contribution in [2.24, 2.45) is 22.9 Å². The fourth-order valence-corrected chi connectivity index (χ4v) is 4.86. The van der Waals surface area contributed by atoms with E-state index in [-0.39, 0.29) is 6.09 Å². The number of anilines is 1. The smallest absolute Gasteiger partial charge is 0.410 e. The van der Waals surface area contributed by atoms with Crippen molar-refractivity contribution < 1.29 is 14.3 Å². The van der Waals surface area contributed by atoms with Crippen molar-refractivity contribution in [2.75, 3.05) is 24.7 Å². The number of rotatable bonds is 8. The second-order valence-electron chi connectivity index (χ2n) is 8.99. The van der Waals surface area contributed by atoms with Gasteiger partial charge in [0, 0.05) is 13.1 Å². The number of nitrogens with one attached hydrogen (secondary N) is 2. The molecule has 8 nitrogen and oxygen atoms in total. The highest BCUT2D eigenvalue weighted by Crippen LogP contribution is 2.49. The molecule has 0 bridgehead atoms. The summed E-state index contributed by atoms with van der Waals surface area (Å²) in [6.07, 6.45) is 6.03. The van der Waals surface area contributed by atoms with Gasteiger partial charge in [-0.1, -0.05) is 30.3 Å². The number of nitrogens with zero attached hydrogens (tertiary/aromatic N) is 3. The van der Waals surface area contributed by atoms with Gasteiger partial charge in [0.05, 0.1) is 12.3 Å². The molecule has 0 unspecified atom stereocenters. The molecule has 5 rings (SSSR count). The molecule has 33 heavy (non-hydrogen) atoms. The quantitative estimate of drug-likeness (QED) is 0.636. The van der Waals surface area contributed by atoms with Gasteiger partial charge >= 0.3 is 6.09 Å². The standard InChI is InChI=1S/C25H31N5O3/c31-25(33-17-19-4-2-1-3-5-19)29-13-10-20(11-14-29)24-16-21(24)12-15-32-23-8-6-22(7-9-23)30-18-26-27-28-30/h1-9,18,20-21,24,27-28H,10-17H2/t21-,24-/m1/s1. The van der Waals surface area contributed by atoms with E-state index in [1.54, 1.807) is 11.3 Å². The van der Waals surface area contributed by atoms with Crippen LogP contribution in [0.2, 0.25) is 0 Å². The normalized spacial score (nSPS) is 22.2. The molecule has 1 aliphatic carbocycles. The summed E-state index contributed by atoms with van der Waals surface area (Å²) in [6, 6.07) is 17.8. The second-order valence-corrected chi connectivity index (χ2v) is 8.99. The van der Waals surface area contributed by atoms with Crippen LogP contribution in [0.1, 0.15) is 31.2 Å². The number of hydrogen-bond donors (Lipinski definition) is 2. The largest absolute Gasteiger partial charge is 0.494 e. The number of hydrazine groups is 2. The molecule has 2 fully saturated rings. The number of likely N-dealkylation sites (tertiary alicyclic amines) is 1. The zero-order valence-electron chi connectivity index (χ0n) is 18.7. The Hall–Kier alpha value is -3.26. The van der Waals surface area contributed by atoms with Crippen LogP contribution in [0.25, 0.3) is 0 Å². The minimum atomic E-state index is -0.187. The van der Waals surface area contributed by atoms with Gasteiger partial charge < -0.3 is 14.4 Å². The van der Waals surface area contributed by atoms with Gasteiger partial charge in [-0.25, -0.2) is 15.3 Å². The Morgan fingerprint density at radius 3 is 2.58 bits per heavy atom. The van der Waals surface area contributed by atoms with Crippen LogP contribution in [0.3, 0.4) is 0 Å². The molecule has 2 atom stereocenters. The Balaban J connectivity index is 0.976. The zero-order valence-corrected chi connectivity index (χ0v) is 18.7. The Kier molecular flexibility index (Phi) is 6.62. The highest BCUT2D eigenvalue weighted by atomic mass is 16.6. The van der Waals surface area contributed by atoms with E-state index in [0.717, 1.165) is 73.7 Å². The van der Waals surface area contributed by atoms with E-state index in [4.69, 9.17) is 9.47 Å². The van der Waals surface area contributed by atoms with Gasteiger partial charge in [0.2, 0.25) is 0 Å². The molecule has 2 N–H and O–H groups in total. The van der Waals surface area contributed by atoms with Gasteiger partial charge in [0.1, 0.15) is 18.7 Å². The molecule has 0 spiro atoms. The number of benzene rings is 2. The molecular formula is C25H31N5O3. The van der Waals surface area contributed by atoms with Crippen molar-refractivity contribution in [1.29, 1.82) is 0 Å². The van der Waals surface area contributed by atoms with Crippen LogP contribution in [0, 0.1) is 17.8 Å². The highest BCUT2D eigenvalue weighted by molar-refractivity contribution is 5.78. The third-order valence-corrected chi connectivity index (χ3v) is 6.87. The van der Waals surface area contributed by atoms with Crippen molar-refractivity contribution in [2.45, 2.75) is 32.3 Å². The minimum Gasteiger partial charge on any atom is -0.494 e. The molecule has 3 aliphatic rings. The summed E-state index contributed by atoms with van der Waals surface area (Å²) in [5.74, 6) is 3.14. The number of carbonyl (C=O) groups excluding carboxylic acids is 1. The van der Waals surface area contributed by atoms with Gasteiger partial charge in [-0.05, 0) is 73.3 Å². The van der Waals surface area contributed by atoms with Crippen LogP contribution in [0.5, 0.6) is 5.75 Å². The maximum Gasteiger partial charge on any atom is 0.410 e.